The fourth-order valence-electron chi connectivity index (χ4n) is 12.0. The van der Waals surface area contributed by atoms with Crippen LogP contribution in [0.15, 0.2) is 233 Å². The van der Waals surface area contributed by atoms with Crippen LogP contribution in [0.1, 0.15) is 47.2 Å². The molecule has 14 rings (SSSR count). The van der Waals surface area contributed by atoms with Crippen LogP contribution in [0.2, 0.25) is 0 Å². The van der Waals surface area contributed by atoms with Gasteiger partial charge in [0, 0.05) is 43.8 Å². The fraction of sp³-hybridized carbons (Fsp3) is 0.0625. The van der Waals surface area contributed by atoms with Gasteiger partial charge in [-0.1, -0.05) is 202 Å². The van der Waals surface area contributed by atoms with Crippen LogP contribution in [0.25, 0.3) is 77.3 Å². The lowest BCUT2D eigenvalue weighted by atomic mass is 9.68. The molecule has 0 fully saturated rings. The van der Waals surface area contributed by atoms with E-state index in [1.807, 2.05) is 6.07 Å². The molecule has 0 N–H and O–H groups in total. The van der Waals surface area contributed by atoms with Crippen molar-refractivity contribution in [1.82, 2.24) is 0 Å². The predicted molar refractivity (Wildman–Crippen MR) is 276 cm³/mol. The maximum absolute atomic E-state index is 7.22. The third-order valence-electron chi connectivity index (χ3n) is 14.9. The van der Waals surface area contributed by atoms with Gasteiger partial charge in [-0.2, -0.15) is 0 Å². The number of rotatable bonds is 6. The molecule has 0 spiro atoms. The van der Waals surface area contributed by atoms with Crippen LogP contribution in [0.5, 0.6) is 0 Å². The molecular weight excluding hydrogens is 815 g/mol. The first-order valence-electron chi connectivity index (χ1n) is 23.2. The highest BCUT2D eigenvalue weighted by atomic mass is 16.3. The minimum absolute atomic E-state index is 0.197. The highest BCUT2D eigenvalue weighted by Gasteiger charge is 2.47. The maximum Gasteiger partial charge on any atom is 0.159 e. The zero-order chi connectivity index (χ0) is 44.4. The van der Waals surface area contributed by atoms with Gasteiger partial charge >= 0.3 is 0 Å². The van der Waals surface area contributed by atoms with Gasteiger partial charge in [0.1, 0.15) is 16.7 Å². The Hall–Kier alpha value is -8.40. The number of fused-ring (bicyclic) bond motifs is 12. The molecule has 2 heterocycles. The zero-order valence-corrected chi connectivity index (χ0v) is 37.1. The molecule has 0 radical (unpaired) electrons. The first-order chi connectivity index (χ1) is 33.0. The summed E-state index contributed by atoms with van der Waals surface area (Å²) in [5, 5.41) is 4.16. The van der Waals surface area contributed by atoms with Crippen molar-refractivity contribution in [3.63, 3.8) is 0 Å². The van der Waals surface area contributed by atoms with Crippen LogP contribution in [0, 0.1) is 0 Å². The Morgan fingerprint density at radius 3 is 1.60 bits per heavy atom. The highest BCUT2D eigenvalue weighted by Crippen LogP contribution is 2.60. The average Bonchev–Trinajstić information content (AvgIpc) is 4.10. The van der Waals surface area contributed by atoms with Gasteiger partial charge in [0.15, 0.2) is 5.58 Å². The molecular formula is C64H43NO2. The number of hydrogen-bond donors (Lipinski definition) is 0. The third kappa shape index (κ3) is 5.23. The third-order valence-corrected chi connectivity index (χ3v) is 14.9. The number of hydrogen-bond acceptors (Lipinski definition) is 3. The summed E-state index contributed by atoms with van der Waals surface area (Å²) in [6.45, 7) is 4.72. The summed E-state index contributed by atoms with van der Waals surface area (Å²) < 4.78 is 14.0. The van der Waals surface area contributed by atoms with Crippen molar-refractivity contribution in [3.05, 3.63) is 258 Å². The highest BCUT2D eigenvalue weighted by molar-refractivity contribution is 6.18. The van der Waals surface area contributed by atoms with Crippen LogP contribution in [-0.4, -0.2) is 0 Å². The van der Waals surface area contributed by atoms with Crippen molar-refractivity contribution in [3.8, 4) is 33.4 Å². The lowest BCUT2D eigenvalue weighted by Crippen LogP contribution is -2.28. The molecule has 0 bridgehead atoms. The first kappa shape index (κ1) is 37.9. The minimum Gasteiger partial charge on any atom is -0.455 e. The summed E-state index contributed by atoms with van der Waals surface area (Å²) in [6, 6.07) is 81.8. The zero-order valence-electron chi connectivity index (χ0n) is 37.1. The molecule has 2 aliphatic rings. The van der Waals surface area contributed by atoms with E-state index in [1.165, 1.54) is 55.6 Å². The van der Waals surface area contributed by atoms with Gasteiger partial charge in [-0.25, -0.2) is 0 Å². The molecule has 67 heavy (non-hydrogen) atoms. The van der Waals surface area contributed by atoms with E-state index in [4.69, 9.17) is 8.83 Å². The second-order valence-electron chi connectivity index (χ2n) is 18.7. The quantitative estimate of drug-likeness (QED) is 0.167. The van der Waals surface area contributed by atoms with Crippen molar-refractivity contribution in [2.75, 3.05) is 4.90 Å². The van der Waals surface area contributed by atoms with E-state index in [-0.39, 0.29) is 5.41 Å². The van der Waals surface area contributed by atoms with Crippen molar-refractivity contribution >= 4 is 60.9 Å². The lowest BCUT2D eigenvalue weighted by molar-refractivity contribution is 0.660. The normalized spacial score (nSPS) is 14.1. The van der Waals surface area contributed by atoms with Crippen molar-refractivity contribution in [2.24, 2.45) is 0 Å². The van der Waals surface area contributed by atoms with Crippen LogP contribution >= 0.6 is 0 Å². The molecule has 3 nitrogen and oxygen atoms in total. The summed E-state index contributed by atoms with van der Waals surface area (Å²) >= 11 is 0. The summed E-state index contributed by atoms with van der Waals surface area (Å²) in [5.41, 5.74) is 20.6. The van der Waals surface area contributed by atoms with Crippen molar-refractivity contribution < 1.29 is 8.83 Å². The van der Waals surface area contributed by atoms with Crippen LogP contribution in [-0.2, 0) is 10.8 Å². The number of furan rings is 2. The second-order valence-corrected chi connectivity index (χ2v) is 18.7. The molecule has 3 heteroatoms. The summed E-state index contributed by atoms with van der Waals surface area (Å²) in [4.78, 5) is 2.47. The van der Waals surface area contributed by atoms with E-state index < -0.39 is 5.41 Å². The predicted octanol–water partition coefficient (Wildman–Crippen LogP) is 17.3. The van der Waals surface area contributed by atoms with Crippen LogP contribution in [0.4, 0.5) is 17.1 Å². The summed E-state index contributed by atoms with van der Waals surface area (Å²) in [6.07, 6.45) is 0. The topological polar surface area (TPSA) is 29.5 Å². The minimum atomic E-state index is -0.555. The van der Waals surface area contributed by atoms with Gasteiger partial charge in [0.2, 0.25) is 0 Å². The van der Waals surface area contributed by atoms with E-state index in [2.05, 4.69) is 237 Å². The molecule has 0 unspecified atom stereocenters. The molecule has 316 valence electrons. The summed E-state index contributed by atoms with van der Waals surface area (Å²) in [5.74, 6) is 0. The Morgan fingerprint density at radius 1 is 0.358 bits per heavy atom. The van der Waals surface area contributed by atoms with Crippen molar-refractivity contribution in [2.45, 2.75) is 24.7 Å². The number of benzene rings is 10. The molecule has 2 aromatic heterocycles. The monoisotopic (exact) mass is 857 g/mol. The second kappa shape index (κ2) is 14.1. The van der Waals surface area contributed by atoms with Gasteiger partial charge in [0.05, 0.1) is 16.8 Å². The Labute approximate surface area is 388 Å². The van der Waals surface area contributed by atoms with E-state index in [0.717, 1.165) is 72.1 Å². The standard InChI is InChI=1S/C64H43NO2/c1-63(2)52-30-14-12-25-45(52)46-36-35-43(37-55(46)63)65(56-33-18-32-54-60(56)49-26-13-15-31-53(49)64(54,41-21-8-4-9-22-41)42-23-10-5-11-24-42)57-34-17-29-48-51-39-58-50(38-59(51)67-62(48)57)47-28-16-27-44(61(47)66-58)40-19-6-3-7-20-40/h3-39H,1-2H3. The SMILES string of the molecule is CC1(C)c2ccccc2-c2ccc(N(c3cccc4c3-c3ccccc3C4(c3ccccc3)c3ccccc3)c3cccc4c3oc3cc5c(cc34)oc3c(-c4ccccc4)cccc35)cc21. The van der Waals surface area contributed by atoms with E-state index in [9.17, 15) is 0 Å². The molecule has 0 amide bonds. The van der Waals surface area contributed by atoms with E-state index in [1.54, 1.807) is 0 Å². The number of para-hydroxylation sites is 2. The van der Waals surface area contributed by atoms with E-state index in [0.29, 0.717) is 0 Å². The van der Waals surface area contributed by atoms with Gasteiger partial charge < -0.3 is 13.7 Å². The lowest BCUT2D eigenvalue weighted by Gasteiger charge is -2.34. The van der Waals surface area contributed by atoms with Gasteiger partial charge in [-0.05, 0) is 92.0 Å². The first-order valence-corrected chi connectivity index (χ1v) is 23.2. The van der Waals surface area contributed by atoms with Gasteiger partial charge in [0.25, 0.3) is 0 Å². The van der Waals surface area contributed by atoms with Gasteiger partial charge in [-0.3, -0.25) is 0 Å². The van der Waals surface area contributed by atoms with E-state index >= 15 is 0 Å². The Kier molecular flexibility index (Phi) is 7.95. The molecule has 0 saturated heterocycles. The number of anilines is 3. The molecule has 12 aromatic rings. The molecule has 10 aromatic carbocycles. The smallest absolute Gasteiger partial charge is 0.159 e. The maximum atomic E-state index is 7.22. The van der Waals surface area contributed by atoms with Crippen LogP contribution in [0.3, 0.4) is 0 Å². The molecule has 0 aliphatic heterocycles. The molecule has 0 saturated carbocycles. The Morgan fingerprint density at radius 2 is 0.881 bits per heavy atom. The van der Waals surface area contributed by atoms with Crippen molar-refractivity contribution in [1.29, 1.82) is 0 Å². The Balaban J connectivity index is 1.05. The summed E-state index contributed by atoms with van der Waals surface area (Å²) in [7, 11) is 0. The molecule has 2 aliphatic carbocycles. The Bertz CT molecular complexity index is 3910. The average molecular weight is 858 g/mol. The fourth-order valence-corrected chi connectivity index (χ4v) is 12.0. The number of nitrogens with zero attached hydrogens (tertiary/aromatic N) is 1. The van der Waals surface area contributed by atoms with Crippen LogP contribution < -0.4 is 4.90 Å². The van der Waals surface area contributed by atoms with Gasteiger partial charge in [-0.15, -0.1) is 0 Å². The largest absolute Gasteiger partial charge is 0.455 e. The molecule has 0 atom stereocenters.